The molecule has 0 aromatic carbocycles. The van der Waals surface area contributed by atoms with Gasteiger partial charge in [-0.3, -0.25) is 9.59 Å². The third-order valence-electron chi connectivity index (χ3n) is 3.72. The van der Waals surface area contributed by atoms with Crippen LogP contribution in [0.15, 0.2) is 0 Å². The molecule has 1 rings (SSSR count). The number of nitrogens with one attached hydrogen (secondary N) is 1. The quantitative estimate of drug-likeness (QED) is 0.787. The van der Waals surface area contributed by atoms with Crippen LogP contribution in [0.5, 0.6) is 0 Å². The van der Waals surface area contributed by atoms with Crippen molar-refractivity contribution in [2.45, 2.75) is 39.0 Å². The Labute approximate surface area is 112 Å². The van der Waals surface area contributed by atoms with Crippen LogP contribution < -0.4 is 5.32 Å². The normalized spacial score (nSPS) is 24.0. The van der Waals surface area contributed by atoms with E-state index in [1.165, 1.54) is 0 Å². The first-order chi connectivity index (χ1) is 8.56. The van der Waals surface area contributed by atoms with E-state index in [9.17, 15) is 9.59 Å². The number of Topliss-reactive ketones (excluding diaryl/α,β-unsaturated/α-hetero) is 1. The van der Waals surface area contributed by atoms with Crippen molar-refractivity contribution in [1.82, 2.24) is 10.2 Å². The summed E-state index contributed by atoms with van der Waals surface area (Å²) < 4.78 is 0. The van der Waals surface area contributed by atoms with Crippen molar-refractivity contribution in [3.63, 3.8) is 0 Å². The molecule has 1 saturated carbocycles. The highest BCUT2D eigenvalue weighted by Gasteiger charge is 2.34. The summed E-state index contributed by atoms with van der Waals surface area (Å²) in [6, 6.07) is 0. The largest absolute Gasteiger partial charge is 0.355 e. The molecule has 0 heterocycles. The van der Waals surface area contributed by atoms with Crippen molar-refractivity contribution >= 4 is 11.7 Å². The molecule has 0 spiro atoms. The molecular weight excluding hydrogens is 228 g/mol. The fourth-order valence-electron chi connectivity index (χ4n) is 2.63. The van der Waals surface area contributed by atoms with Crippen molar-refractivity contribution in [3.8, 4) is 0 Å². The number of nitrogens with zero attached hydrogens (tertiary/aromatic N) is 1. The maximum absolute atomic E-state index is 12.1. The smallest absolute Gasteiger partial charge is 0.223 e. The van der Waals surface area contributed by atoms with Crippen LogP contribution in [0.2, 0.25) is 0 Å². The molecule has 0 saturated heterocycles. The van der Waals surface area contributed by atoms with Crippen LogP contribution in [0.4, 0.5) is 0 Å². The van der Waals surface area contributed by atoms with Gasteiger partial charge in [0.1, 0.15) is 5.78 Å². The molecule has 4 heteroatoms. The van der Waals surface area contributed by atoms with Gasteiger partial charge in [0.25, 0.3) is 0 Å². The number of hydrogen-bond acceptors (Lipinski definition) is 3. The van der Waals surface area contributed by atoms with Crippen molar-refractivity contribution in [3.05, 3.63) is 0 Å². The Hall–Kier alpha value is -0.900. The second kappa shape index (κ2) is 7.52. The first kappa shape index (κ1) is 15.2. The van der Waals surface area contributed by atoms with E-state index in [0.717, 1.165) is 32.2 Å². The van der Waals surface area contributed by atoms with E-state index in [4.69, 9.17) is 0 Å². The summed E-state index contributed by atoms with van der Waals surface area (Å²) in [4.78, 5) is 26.0. The SMILES string of the molecule is CCC(=O)[C@H]1CCCC[C@H]1C(=O)NCCN(C)C.[HH]. The molecule has 1 fully saturated rings. The zero-order valence-electron chi connectivity index (χ0n) is 11.9. The fraction of sp³-hybridized carbons (Fsp3) is 0.857. The third-order valence-corrected chi connectivity index (χ3v) is 3.72. The molecule has 2 atom stereocenters. The van der Waals surface area contributed by atoms with Crippen molar-refractivity contribution in [1.29, 1.82) is 0 Å². The Kier molecular flexibility index (Phi) is 6.33. The summed E-state index contributed by atoms with van der Waals surface area (Å²) in [5.41, 5.74) is 0. The first-order valence-electron chi connectivity index (χ1n) is 7.01. The van der Waals surface area contributed by atoms with Crippen molar-refractivity contribution < 1.29 is 11.0 Å². The Bertz CT molecular complexity index is 295. The van der Waals surface area contributed by atoms with Gasteiger partial charge in [0, 0.05) is 32.8 Å². The predicted octanol–water partition coefficient (Wildman–Crippen LogP) is 1.70. The maximum atomic E-state index is 12.1. The van der Waals surface area contributed by atoms with Crippen LogP contribution in [0, 0.1) is 11.8 Å². The molecule has 1 N–H and O–H groups in total. The zero-order valence-corrected chi connectivity index (χ0v) is 11.9. The number of rotatable bonds is 6. The van der Waals surface area contributed by atoms with Gasteiger partial charge in [0.15, 0.2) is 0 Å². The van der Waals surface area contributed by atoms with E-state index in [2.05, 4.69) is 5.32 Å². The van der Waals surface area contributed by atoms with Gasteiger partial charge >= 0.3 is 0 Å². The predicted molar refractivity (Wildman–Crippen MR) is 74.4 cm³/mol. The highest BCUT2D eigenvalue weighted by atomic mass is 16.2. The van der Waals surface area contributed by atoms with E-state index in [0.29, 0.717) is 13.0 Å². The molecule has 0 aliphatic heterocycles. The zero-order chi connectivity index (χ0) is 13.5. The maximum Gasteiger partial charge on any atom is 0.223 e. The Balaban J connectivity index is 0.00000324. The minimum absolute atomic E-state index is 0. The molecule has 0 bridgehead atoms. The average molecular weight is 256 g/mol. The van der Waals surface area contributed by atoms with Gasteiger partial charge in [-0.25, -0.2) is 0 Å². The summed E-state index contributed by atoms with van der Waals surface area (Å²) in [7, 11) is 3.96. The topological polar surface area (TPSA) is 49.4 Å². The number of ketones is 1. The molecule has 106 valence electrons. The van der Waals surface area contributed by atoms with Gasteiger partial charge in [-0.1, -0.05) is 19.8 Å². The Morgan fingerprint density at radius 1 is 1.22 bits per heavy atom. The lowest BCUT2D eigenvalue weighted by molar-refractivity contribution is -0.135. The third kappa shape index (κ3) is 4.41. The van der Waals surface area contributed by atoms with Gasteiger partial charge in [-0.2, -0.15) is 0 Å². The monoisotopic (exact) mass is 256 g/mol. The lowest BCUT2D eigenvalue weighted by atomic mass is 9.76. The van der Waals surface area contributed by atoms with Crippen LogP contribution in [0.3, 0.4) is 0 Å². The van der Waals surface area contributed by atoms with Crippen LogP contribution in [-0.4, -0.2) is 43.8 Å². The van der Waals surface area contributed by atoms with Gasteiger partial charge < -0.3 is 10.2 Å². The van der Waals surface area contributed by atoms with Crippen molar-refractivity contribution in [2.24, 2.45) is 11.8 Å². The molecular formula is C14H28N2O2. The molecule has 0 aromatic rings. The standard InChI is InChI=1S/C14H26N2O2.H2/c1-4-13(17)11-7-5-6-8-12(11)14(18)15-9-10-16(2)3;/h11-12H,4-10H2,1-3H3,(H,15,18);1H/t11-,12+;/m0./s1. The Morgan fingerprint density at radius 3 is 2.39 bits per heavy atom. The van der Waals surface area contributed by atoms with Crippen molar-refractivity contribution in [2.75, 3.05) is 27.2 Å². The van der Waals surface area contributed by atoms with Crippen LogP contribution >= 0.6 is 0 Å². The van der Waals surface area contributed by atoms with E-state index in [-0.39, 0.29) is 25.0 Å². The molecule has 18 heavy (non-hydrogen) atoms. The summed E-state index contributed by atoms with van der Waals surface area (Å²) in [5.74, 6) is 0.197. The van der Waals surface area contributed by atoms with Gasteiger partial charge in [-0.05, 0) is 26.9 Å². The highest BCUT2D eigenvalue weighted by Crippen LogP contribution is 2.31. The number of likely N-dealkylation sites (N-methyl/N-ethyl adjacent to an activating group) is 1. The number of carbonyl (C=O) groups excluding carboxylic acids is 2. The molecule has 1 aliphatic rings. The summed E-state index contributed by atoms with van der Waals surface area (Å²) >= 11 is 0. The average Bonchev–Trinajstić information content (AvgIpc) is 2.37. The minimum atomic E-state index is -0.0895. The number of carbonyl (C=O) groups is 2. The lowest BCUT2D eigenvalue weighted by Gasteiger charge is -2.29. The van der Waals surface area contributed by atoms with E-state index < -0.39 is 0 Å². The Morgan fingerprint density at radius 2 is 1.83 bits per heavy atom. The lowest BCUT2D eigenvalue weighted by Crippen LogP contribution is -2.41. The number of amides is 1. The molecule has 4 nitrogen and oxygen atoms in total. The van der Waals surface area contributed by atoms with Gasteiger partial charge in [0.2, 0.25) is 5.91 Å². The van der Waals surface area contributed by atoms with Gasteiger partial charge in [-0.15, -0.1) is 0 Å². The summed E-state index contributed by atoms with van der Waals surface area (Å²) in [5, 5.41) is 2.96. The second-order valence-electron chi connectivity index (χ2n) is 5.41. The molecule has 1 aliphatic carbocycles. The van der Waals surface area contributed by atoms with E-state index >= 15 is 0 Å². The molecule has 0 aromatic heterocycles. The second-order valence-corrected chi connectivity index (χ2v) is 5.41. The summed E-state index contributed by atoms with van der Waals surface area (Å²) in [6.45, 7) is 3.39. The fourth-order valence-corrected chi connectivity index (χ4v) is 2.63. The van der Waals surface area contributed by atoms with E-state index in [1.54, 1.807) is 0 Å². The molecule has 0 unspecified atom stereocenters. The minimum Gasteiger partial charge on any atom is -0.355 e. The van der Waals surface area contributed by atoms with Gasteiger partial charge in [0.05, 0.1) is 0 Å². The van der Waals surface area contributed by atoms with Crippen LogP contribution in [-0.2, 0) is 9.59 Å². The number of hydrogen-bond donors (Lipinski definition) is 1. The molecule has 0 radical (unpaired) electrons. The summed E-state index contributed by atoms with van der Waals surface area (Å²) in [6.07, 6.45) is 4.45. The highest BCUT2D eigenvalue weighted by molar-refractivity contribution is 5.88. The van der Waals surface area contributed by atoms with E-state index in [1.807, 2.05) is 25.9 Å². The molecule has 1 amide bonds. The first-order valence-corrected chi connectivity index (χ1v) is 7.01. The van der Waals surface area contributed by atoms with Crippen LogP contribution in [0.25, 0.3) is 0 Å². The van der Waals surface area contributed by atoms with Crippen LogP contribution in [0.1, 0.15) is 40.5 Å².